The fourth-order valence-corrected chi connectivity index (χ4v) is 1.90. The average molecular weight is 281 g/mol. The van der Waals surface area contributed by atoms with Crippen LogP contribution >= 0.6 is 0 Å². The van der Waals surface area contributed by atoms with E-state index in [1.807, 2.05) is 6.07 Å². The summed E-state index contributed by atoms with van der Waals surface area (Å²) in [5.74, 6) is -0.311. The second-order valence-electron chi connectivity index (χ2n) is 4.38. The van der Waals surface area contributed by atoms with Crippen LogP contribution in [0.4, 0.5) is 11.4 Å². The first-order chi connectivity index (χ1) is 10.1. The normalized spacial score (nSPS) is 11.2. The van der Waals surface area contributed by atoms with Crippen LogP contribution in [0.1, 0.15) is 5.56 Å². The molecule has 0 aliphatic heterocycles. The molecule has 7 nitrogen and oxygen atoms in total. The molecule has 7 heteroatoms. The lowest BCUT2D eigenvalue weighted by atomic mass is 10.2. The van der Waals surface area contributed by atoms with Gasteiger partial charge in [-0.05, 0) is 23.8 Å². The van der Waals surface area contributed by atoms with Crippen molar-refractivity contribution in [3.8, 4) is 5.75 Å². The Morgan fingerprint density at radius 1 is 1.24 bits per heavy atom. The minimum atomic E-state index is -0.547. The van der Waals surface area contributed by atoms with Crippen LogP contribution in [0.3, 0.4) is 0 Å². The number of H-pyrrole nitrogens is 1. The number of nitrogens with one attached hydrogen (secondary N) is 1. The van der Waals surface area contributed by atoms with Crippen LogP contribution in [0.15, 0.2) is 47.6 Å². The van der Waals surface area contributed by atoms with Gasteiger partial charge in [0.15, 0.2) is 0 Å². The van der Waals surface area contributed by atoms with Crippen LogP contribution in [0.5, 0.6) is 5.75 Å². The van der Waals surface area contributed by atoms with Gasteiger partial charge in [-0.3, -0.25) is 20.2 Å². The lowest BCUT2D eigenvalue weighted by Crippen LogP contribution is -1.98. The van der Waals surface area contributed by atoms with Crippen LogP contribution in [-0.2, 0) is 0 Å². The van der Waals surface area contributed by atoms with E-state index < -0.39 is 4.92 Å². The minimum Gasteiger partial charge on any atom is -0.872 e. The second-order valence-corrected chi connectivity index (χ2v) is 4.38. The van der Waals surface area contributed by atoms with E-state index in [0.717, 1.165) is 10.9 Å². The third kappa shape index (κ3) is 2.57. The SMILES string of the molecule is O=[N+]([O-])c1ccc([O-])c(C=Nc2ccc3[nH]ncc3c2)c1. The quantitative estimate of drug-likeness (QED) is 0.451. The van der Waals surface area contributed by atoms with Gasteiger partial charge in [0.2, 0.25) is 0 Å². The summed E-state index contributed by atoms with van der Waals surface area (Å²) in [6.45, 7) is 0. The maximum absolute atomic E-state index is 11.7. The number of rotatable bonds is 3. The molecule has 0 radical (unpaired) electrons. The molecule has 3 rings (SSSR count). The molecule has 2 aromatic carbocycles. The molecular formula is C14H9N4O3-. The highest BCUT2D eigenvalue weighted by Crippen LogP contribution is 2.22. The Hall–Kier alpha value is -3.22. The van der Waals surface area contributed by atoms with E-state index in [1.54, 1.807) is 18.3 Å². The van der Waals surface area contributed by atoms with Crippen molar-refractivity contribution >= 4 is 28.5 Å². The number of hydrogen-bond acceptors (Lipinski definition) is 5. The number of nitro benzene ring substituents is 1. The molecular weight excluding hydrogens is 272 g/mol. The van der Waals surface area contributed by atoms with E-state index in [0.29, 0.717) is 5.69 Å². The van der Waals surface area contributed by atoms with E-state index in [9.17, 15) is 15.2 Å². The van der Waals surface area contributed by atoms with Gasteiger partial charge in [0.1, 0.15) is 0 Å². The Morgan fingerprint density at radius 2 is 2.10 bits per heavy atom. The van der Waals surface area contributed by atoms with E-state index in [4.69, 9.17) is 0 Å². The Labute approximate surface area is 118 Å². The molecule has 0 saturated carbocycles. The summed E-state index contributed by atoms with van der Waals surface area (Å²) in [5.41, 5.74) is 1.56. The molecule has 1 aromatic heterocycles. The van der Waals surface area contributed by atoms with Gasteiger partial charge in [-0.1, -0.05) is 11.8 Å². The zero-order valence-electron chi connectivity index (χ0n) is 10.7. The summed E-state index contributed by atoms with van der Waals surface area (Å²) in [6.07, 6.45) is 3.00. The predicted molar refractivity (Wildman–Crippen MR) is 75.9 cm³/mol. The number of aromatic nitrogens is 2. The number of aromatic amines is 1. The monoisotopic (exact) mass is 281 g/mol. The van der Waals surface area contributed by atoms with Crippen molar-refractivity contribution in [2.75, 3.05) is 0 Å². The number of nitro groups is 1. The van der Waals surface area contributed by atoms with Gasteiger partial charge in [0.25, 0.3) is 5.69 Å². The molecule has 0 atom stereocenters. The third-order valence-corrected chi connectivity index (χ3v) is 2.98. The molecule has 0 aliphatic rings. The van der Waals surface area contributed by atoms with Crippen LogP contribution in [0, 0.1) is 10.1 Å². The minimum absolute atomic E-state index is 0.138. The largest absolute Gasteiger partial charge is 0.872 e. The average Bonchev–Trinajstić information content (AvgIpc) is 2.93. The first-order valence-electron chi connectivity index (χ1n) is 6.06. The van der Waals surface area contributed by atoms with Gasteiger partial charge in [-0.2, -0.15) is 5.10 Å². The topological polar surface area (TPSA) is 107 Å². The Kier molecular flexibility index (Phi) is 3.07. The van der Waals surface area contributed by atoms with Crippen LogP contribution < -0.4 is 5.11 Å². The van der Waals surface area contributed by atoms with Crippen LogP contribution in [0.25, 0.3) is 10.9 Å². The van der Waals surface area contributed by atoms with E-state index >= 15 is 0 Å². The molecule has 0 aliphatic carbocycles. The van der Waals surface area contributed by atoms with Gasteiger partial charge < -0.3 is 5.11 Å². The van der Waals surface area contributed by atoms with Crippen molar-refractivity contribution in [3.63, 3.8) is 0 Å². The van der Waals surface area contributed by atoms with Gasteiger partial charge >= 0.3 is 0 Å². The molecule has 0 fully saturated rings. The van der Waals surface area contributed by atoms with Gasteiger partial charge in [-0.15, -0.1) is 0 Å². The maximum atomic E-state index is 11.7. The molecule has 0 spiro atoms. The molecule has 21 heavy (non-hydrogen) atoms. The Bertz CT molecular complexity index is 854. The van der Waals surface area contributed by atoms with Crippen molar-refractivity contribution in [2.24, 2.45) is 4.99 Å². The number of aliphatic imine (C=N–C) groups is 1. The first kappa shape index (κ1) is 12.8. The number of nitrogens with zero attached hydrogens (tertiary/aromatic N) is 3. The maximum Gasteiger partial charge on any atom is 0.270 e. The molecule has 1 N–H and O–H groups in total. The number of fused-ring (bicyclic) bond motifs is 1. The van der Waals surface area contributed by atoms with Crippen molar-refractivity contribution in [1.82, 2.24) is 10.2 Å². The summed E-state index contributed by atoms with van der Waals surface area (Å²) in [7, 11) is 0. The summed E-state index contributed by atoms with van der Waals surface area (Å²) < 4.78 is 0. The van der Waals surface area contributed by atoms with Gasteiger partial charge in [-0.25, -0.2) is 0 Å². The van der Waals surface area contributed by atoms with Crippen molar-refractivity contribution in [1.29, 1.82) is 0 Å². The molecule has 1 heterocycles. The molecule has 3 aromatic rings. The summed E-state index contributed by atoms with van der Waals surface area (Å²) in [6, 6.07) is 8.94. The number of hydrogen-bond donors (Lipinski definition) is 1. The Morgan fingerprint density at radius 3 is 2.90 bits per heavy atom. The molecule has 0 amide bonds. The smallest absolute Gasteiger partial charge is 0.270 e. The number of non-ortho nitro benzene ring substituents is 1. The second kappa shape index (κ2) is 5.04. The van der Waals surface area contributed by atoms with E-state index in [2.05, 4.69) is 15.2 Å². The lowest BCUT2D eigenvalue weighted by Gasteiger charge is -2.08. The highest BCUT2D eigenvalue weighted by atomic mass is 16.6. The highest BCUT2D eigenvalue weighted by Gasteiger charge is 2.05. The van der Waals surface area contributed by atoms with Gasteiger partial charge in [0.05, 0.1) is 22.3 Å². The number of benzene rings is 2. The van der Waals surface area contributed by atoms with Crippen LogP contribution in [-0.4, -0.2) is 21.3 Å². The lowest BCUT2D eigenvalue weighted by molar-refractivity contribution is -0.385. The zero-order valence-corrected chi connectivity index (χ0v) is 10.7. The molecule has 104 valence electrons. The molecule has 0 saturated heterocycles. The molecule has 0 unspecified atom stereocenters. The molecule has 0 bridgehead atoms. The third-order valence-electron chi connectivity index (χ3n) is 2.98. The summed E-state index contributed by atoms with van der Waals surface area (Å²) in [4.78, 5) is 14.3. The fraction of sp³-hybridized carbons (Fsp3) is 0. The van der Waals surface area contributed by atoms with E-state index in [-0.39, 0.29) is 17.0 Å². The van der Waals surface area contributed by atoms with Crippen molar-refractivity contribution in [3.05, 3.63) is 58.3 Å². The predicted octanol–water partition coefficient (Wildman–Crippen LogP) is 2.30. The summed E-state index contributed by atoms with van der Waals surface area (Å²) >= 11 is 0. The standard InChI is InChI=1S/C14H10N4O3/c19-14-4-2-12(18(20)21)6-10(14)7-15-11-1-3-13-9(5-11)8-16-17-13/h1-8,19H,(H,16,17)/p-1. The summed E-state index contributed by atoms with van der Waals surface area (Å²) in [5, 5.41) is 30.0. The van der Waals surface area contributed by atoms with Gasteiger partial charge in [0, 0.05) is 23.7 Å². The van der Waals surface area contributed by atoms with Crippen molar-refractivity contribution in [2.45, 2.75) is 0 Å². The fourth-order valence-electron chi connectivity index (χ4n) is 1.90. The highest BCUT2D eigenvalue weighted by molar-refractivity contribution is 5.88. The zero-order chi connectivity index (χ0) is 14.8. The van der Waals surface area contributed by atoms with Crippen molar-refractivity contribution < 1.29 is 10.0 Å². The van der Waals surface area contributed by atoms with E-state index in [1.165, 1.54) is 24.4 Å². The Balaban J connectivity index is 1.94. The van der Waals surface area contributed by atoms with Crippen LogP contribution in [0.2, 0.25) is 0 Å². The first-order valence-corrected chi connectivity index (χ1v) is 6.06.